The van der Waals surface area contributed by atoms with E-state index >= 15 is 0 Å². The van der Waals surface area contributed by atoms with Gasteiger partial charge in [-0.1, -0.05) is 60.2 Å². The maximum Gasteiger partial charge on any atom is 0.264 e. The quantitative estimate of drug-likeness (QED) is 0.270. The molecule has 0 aliphatic heterocycles. The van der Waals surface area contributed by atoms with Crippen molar-refractivity contribution >= 4 is 27.5 Å². The Hall–Kier alpha value is -4.57. The van der Waals surface area contributed by atoms with E-state index in [1.54, 1.807) is 24.3 Å². The van der Waals surface area contributed by atoms with Crippen LogP contribution in [0.2, 0.25) is 0 Å². The molecule has 0 unspecified atom stereocenters. The van der Waals surface area contributed by atoms with E-state index in [-0.39, 0.29) is 23.5 Å². The van der Waals surface area contributed by atoms with Crippen molar-refractivity contribution in [1.82, 2.24) is 10.2 Å². The summed E-state index contributed by atoms with van der Waals surface area (Å²) in [7, 11) is -2.88. The van der Waals surface area contributed by atoms with E-state index in [1.807, 2.05) is 37.3 Å². The topological polar surface area (TPSA) is 86.8 Å². The average Bonchev–Trinajstić information content (AvgIpc) is 2.99. The first-order valence-electron chi connectivity index (χ1n) is 13.2. The SMILES string of the molecule is CNC(=O)[C@@H](Cc1ccccc1)N(Cc1ccc(F)cc1)C(=O)CN(c1ccc(C)cc1)S(=O)(=O)c1ccc(F)cc1. The Balaban J connectivity index is 1.77. The molecule has 0 aliphatic carbocycles. The molecule has 2 amide bonds. The number of carbonyl (C=O) groups is 2. The number of amides is 2. The number of nitrogens with zero attached hydrogens (tertiary/aromatic N) is 2. The molecule has 0 bridgehead atoms. The molecule has 218 valence electrons. The van der Waals surface area contributed by atoms with Crippen LogP contribution >= 0.6 is 0 Å². The summed E-state index contributed by atoms with van der Waals surface area (Å²) >= 11 is 0. The van der Waals surface area contributed by atoms with Crippen LogP contribution in [0.5, 0.6) is 0 Å². The van der Waals surface area contributed by atoms with Crippen molar-refractivity contribution in [1.29, 1.82) is 0 Å². The van der Waals surface area contributed by atoms with Crippen LogP contribution in [-0.2, 0) is 32.6 Å². The molecular formula is C32H31F2N3O4S. The smallest absolute Gasteiger partial charge is 0.264 e. The van der Waals surface area contributed by atoms with Gasteiger partial charge in [-0.3, -0.25) is 13.9 Å². The van der Waals surface area contributed by atoms with Crippen molar-refractivity contribution < 1.29 is 26.8 Å². The molecule has 0 fully saturated rings. The Morgan fingerprint density at radius 2 is 1.36 bits per heavy atom. The van der Waals surface area contributed by atoms with E-state index in [1.165, 1.54) is 36.2 Å². The number of likely N-dealkylation sites (N-methyl/N-ethyl adjacent to an activating group) is 1. The van der Waals surface area contributed by atoms with Crippen LogP contribution in [0.4, 0.5) is 14.5 Å². The van der Waals surface area contributed by atoms with Gasteiger partial charge in [-0.2, -0.15) is 0 Å². The molecule has 0 spiro atoms. The number of anilines is 1. The van der Waals surface area contributed by atoms with Gasteiger partial charge in [0.1, 0.15) is 24.2 Å². The molecule has 0 saturated heterocycles. The van der Waals surface area contributed by atoms with Gasteiger partial charge in [-0.25, -0.2) is 17.2 Å². The van der Waals surface area contributed by atoms with Crippen LogP contribution in [0.1, 0.15) is 16.7 Å². The van der Waals surface area contributed by atoms with Gasteiger partial charge in [0.05, 0.1) is 10.6 Å². The third kappa shape index (κ3) is 7.38. The number of sulfonamides is 1. The highest BCUT2D eigenvalue weighted by atomic mass is 32.2. The molecule has 0 aliphatic rings. The number of hydrogen-bond donors (Lipinski definition) is 1. The van der Waals surface area contributed by atoms with Crippen LogP contribution in [0.25, 0.3) is 0 Å². The predicted molar refractivity (Wildman–Crippen MR) is 157 cm³/mol. The molecule has 0 heterocycles. The molecule has 0 saturated carbocycles. The minimum Gasteiger partial charge on any atom is -0.357 e. The molecule has 4 aromatic carbocycles. The fourth-order valence-corrected chi connectivity index (χ4v) is 5.89. The van der Waals surface area contributed by atoms with E-state index in [0.717, 1.165) is 39.7 Å². The lowest BCUT2D eigenvalue weighted by Gasteiger charge is -2.33. The van der Waals surface area contributed by atoms with Gasteiger partial charge >= 0.3 is 0 Å². The van der Waals surface area contributed by atoms with E-state index in [2.05, 4.69) is 5.32 Å². The maximum atomic E-state index is 14.2. The summed E-state index contributed by atoms with van der Waals surface area (Å²) in [6.45, 7) is 1.12. The zero-order chi connectivity index (χ0) is 30.3. The van der Waals surface area contributed by atoms with E-state index in [0.29, 0.717) is 5.56 Å². The number of benzene rings is 4. The molecule has 1 atom stereocenters. The van der Waals surface area contributed by atoms with Crippen molar-refractivity contribution in [2.24, 2.45) is 0 Å². The van der Waals surface area contributed by atoms with E-state index in [9.17, 15) is 26.8 Å². The standard InChI is InChI=1S/C32H31F2N3O4S/c1-23-8-16-28(17-9-23)37(42(40,41)29-18-14-27(34)15-19-29)22-31(38)36(21-25-10-12-26(33)13-11-25)30(32(39)35-2)20-24-6-4-3-5-7-24/h3-19,30H,20-22H2,1-2H3,(H,35,39)/t30-/m1/s1. The van der Waals surface area contributed by atoms with Gasteiger partial charge in [0, 0.05) is 20.0 Å². The zero-order valence-corrected chi connectivity index (χ0v) is 24.0. The van der Waals surface area contributed by atoms with Crippen LogP contribution in [-0.4, -0.2) is 44.8 Å². The minimum absolute atomic E-state index is 0.0810. The number of hydrogen-bond acceptors (Lipinski definition) is 4. The van der Waals surface area contributed by atoms with E-state index in [4.69, 9.17) is 0 Å². The molecular weight excluding hydrogens is 560 g/mol. The van der Waals surface area contributed by atoms with Gasteiger partial charge in [0.25, 0.3) is 10.0 Å². The van der Waals surface area contributed by atoms with Crippen molar-refractivity contribution in [3.63, 3.8) is 0 Å². The molecule has 1 N–H and O–H groups in total. The van der Waals surface area contributed by atoms with Crippen LogP contribution in [0, 0.1) is 18.6 Å². The predicted octanol–water partition coefficient (Wildman–Crippen LogP) is 4.85. The Morgan fingerprint density at radius 3 is 1.93 bits per heavy atom. The molecule has 4 rings (SSSR count). The number of halogens is 2. The summed E-state index contributed by atoms with van der Waals surface area (Å²) < 4.78 is 56.0. The highest BCUT2D eigenvalue weighted by molar-refractivity contribution is 7.92. The van der Waals surface area contributed by atoms with Crippen LogP contribution in [0.3, 0.4) is 0 Å². The largest absolute Gasteiger partial charge is 0.357 e. The van der Waals surface area contributed by atoms with Crippen LogP contribution < -0.4 is 9.62 Å². The molecule has 42 heavy (non-hydrogen) atoms. The summed E-state index contributed by atoms with van der Waals surface area (Å²) in [6, 6.07) is 24.5. The van der Waals surface area contributed by atoms with Crippen molar-refractivity contribution in [2.75, 3.05) is 17.9 Å². The second kappa shape index (κ2) is 13.4. The Bertz CT molecular complexity index is 1610. The van der Waals surface area contributed by atoms with Crippen molar-refractivity contribution in [3.05, 3.63) is 131 Å². The Labute approximate surface area is 244 Å². The lowest BCUT2D eigenvalue weighted by molar-refractivity contribution is -0.139. The van der Waals surface area contributed by atoms with Gasteiger partial charge < -0.3 is 10.2 Å². The molecule has 0 aromatic heterocycles. The monoisotopic (exact) mass is 591 g/mol. The minimum atomic E-state index is -4.33. The van der Waals surface area contributed by atoms with Crippen molar-refractivity contribution in [2.45, 2.75) is 30.8 Å². The number of rotatable bonds is 11. The lowest BCUT2D eigenvalue weighted by Crippen LogP contribution is -2.53. The summed E-state index contributed by atoms with van der Waals surface area (Å²) in [5, 5.41) is 2.61. The summed E-state index contributed by atoms with van der Waals surface area (Å²) in [4.78, 5) is 28.5. The Morgan fingerprint density at radius 1 is 0.786 bits per heavy atom. The summed E-state index contributed by atoms with van der Waals surface area (Å²) in [6.07, 6.45) is 0.155. The van der Waals surface area contributed by atoms with Gasteiger partial charge in [0.15, 0.2) is 0 Å². The van der Waals surface area contributed by atoms with Crippen molar-refractivity contribution in [3.8, 4) is 0 Å². The first-order valence-corrected chi connectivity index (χ1v) is 14.7. The molecule has 7 nitrogen and oxygen atoms in total. The van der Waals surface area contributed by atoms with Crippen LogP contribution in [0.15, 0.2) is 108 Å². The van der Waals surface area contributed by atoms with E-state index < -0.39 is 46.1 Å². The average molecular weight is 592 g/mol. The summed E-state index contributed by atoms with van der Waals surface area (Å²) in [5.74, 6) is -2.17. The maximum absolute atomic E-state index is 14.2. The molecule has 0 radical (unpaired) electrons. The second-order valence-corrected chi connectivity index (χ2v) is 11.6. The highest BCUT2D eigenvalue weighted by Gasteiger charge is 2.34. The Kier molecular flexibility index (Phi) is 9.69. The highest BCUT2D eigenvalue weighted by Crippen LogP contribution is 2.26. The summed E-state index contributed by atoms with van der Waals surface area (Å²) in [5.41, 5.74) is 2.44. The number of aryl methyl sites for hydroxylation is 1. The molecule has 10 heteroatoms. The third-order valence-corrected chi connectivity index (χ3v) is 8.57. The van der Waals surface area contributed by atoms with Gasteiger partial charge in [-0.15, -0.1) is 0 Å². The fraction of sp³-hybridized carbons (Fsp3) is 0.188. The first kappa shape index (κ1) is 30.4. The number of nitrogens with one attached hydrogen (secondary N) is 1. The fourth-order valence-electron chi connectivity index (χ4n) is 4.48. The zero-order valence-electron chi connectivity index (χ0n) is 23.2. The van der Waals surface area contributed by atoms with Gasteiger partial charge in [0.2, 0.25) is 11.8 Å². The number of carbonyl (C=O) groups excluding carboxylic acids is 2. The lowest BCUT2D eigenvalue weighted by atomic mass is 10.0. The van der Waals surface area contributed by atoms with Gasteiger partial charge in [-0.05, 0) is 66.6 Å². The first-order chi connectivity index (χ1) is 20.1. The second-order valence-electron chi connectivity index (χ2n) is 9.77. The molecule has 4 aromatic rings. The normalized spacial score (nSPS) is 11.9. The third-order valence-electron chi connectivity index (χ3n) is 6.79.